The molecule has 1 amide bonds. The highest BCUT2D eigenvalue weighted by atomic mass is 16.2. The molecule has 0 spiro atoms. The SMILES string of the molecule is CN1C2CCC1CN(C(=O)C1=NN=C3CC=CC=C31)C2. The molecule has 4 aliphatic rings. The molecule has 20 heavy (non-hydrogen) atoms. The molecule has 104 valence electrons. The van der Waals surface area contributed by atoms with Crippen molar-refractivity contribution < 1.29 is 4.79 Å². The molecule has 3 aliphatic heterocycles. The minimum atomic E-state index is 0.0512. The van der Waals surface area contributed by atoms with E-state index in [2.05, 4.69) is 22.2 Å². The number of piperazine rings is 1. The molecule has 2 saturated heterocycles. The van der Waals surface area contributed by atoms with E-state index in [1.54, 1.807) is 0 Å². The first-order valence-electron chi connectivity index (χ1n) is 7.27. The van der Waals surface area contributed by atoms with Crippen LogP contribution in [0.25, 0.3) is 0 Å². The Kier molecular flexibility index (Phi) is 2.63. The van der Waals surface area contributed by atoms with Crippen LogP contribution in [0.4, 0.5) is 0 Å². The number of hydrogen-bond donors (Lipinski definition) is 0. The zero-order valence-electron chi connectivity index (χ0n) is 11.6. The maximum absolute atomic E-state index is 12.7. The predicted octanol–water partition coefficient (Wildman–Crippen LogP) is 0.988. The summed E-state index contributed by atoms with van der Waals surface area (Å²) in [4.78, 5) is 17.1. The predicted molar refractivity (Wildman–Crippen MR) is 77.9 cm³/mol. The van der Waals surface area contributed by atoms with E-state index < -0.39 is 0 Å². The first-order valence-corrected chi connectivity index (χ1v) is 7.27. The number of carbonyl (C=O) groups is 1. The largest absolute Gasteiger partial charge is 0.334 e. The van der Waals surface area contributed by atoms with E-state index >= 15 is 0 Å². The summed E-state index contributed by atoms with van der Waals surface area (Å²) in [6.07, 6.45) is 9.16. The van der Waals surface area contributed by atoms with Crippen LogP contribution in [0.2, 0.25) is 0 Å². The van der Waals surface area contributed by atoms with E-state index in [0.717, 1.165) is 30.8 Å². The molecule has 1 aliphatic carbocycles. The minimum Gasteiger partial charge on any atom is -0.334 e. The second-order valence-electron chi connectivity index (χ2n) is 5.97. The molecule has 0 N–H and O–H groups in total. The van der Waals surface area contributed by atoms with Gasteiger partial charge >= 0.3 is 0 Å². The van der Waals surface area contributed by atoms with Gasteiger partial charge in [-0.3, -0.25) is 9.69 Å². The number of amides is 1. The van der Waals surface area contributed by atoms with Crippen LogP contribution >= 0.6 is 0 Å². The fraction of sp³-hybridized carbons (Fsp3) is 0.533. The van der Waals surface area contributed by atoms with Gasteiger partial charge in [0.1, 0.15) is 0 Å². The minimum absolute atomic E-state index is 0.0512. The van der Waals surface area contributed by atoms with Gasteiger partial charge in [-0.15, -0.1) is 5.10 Å². The number of likely N-dealkylation sites (tertiary alicyclic amines) is 1. The average Bonchev–Trinajstić information content (AvgIpc) is 2.95. The van der Waals surface area contributed by atoms with E-state index in [4.69, 9.17) is 0 Å². The van der Waals surface area contributed by atoms with Gasteiger partial charge in [-0.05, 0) is 19.9 Å². The lowest BCUT2D eigenvalue weighted by Crippen LogP contribution is -2.55. The van der Waals surface area contributed by atoms with Crippen molar-refractivity contribution in [3.05, 3.63) is 23.8 Å². The van der Waals surface area contributed by atoms with Crippen molar-refractivity contribution >= 4 is 17.3 Å². The molecule has 0 aromatic carbocycles. The summed E-state index contributed by atoms with van der Waals surface area (Å²) in [5.74, 6) is 0.0512. The second-order valence-corrected chi connectivity index (χ2v) is 5.97. The lowest BCUT2D eigenvalue weighted by atomic mass is 9.98. The normalized spacial score (nSPS) is 31.9. The molecule has 4 rings (SSSR count). The topological polar surface area (TPSA) is 48.3 Å². The summed E-state index contributed by atoms with van der Waals surface area (Å²) >= 11 is 0. The van der Waals surface area contributed by atoms with Gasteiger partial charge in [-0.2, -0.15) is 5.10 Å². The highest BCUT2D eigenvalue weighted by Gasteiger charge is 2.41. The Bertz CT molecular complexity index is 573. The van der Waals surface area contributed by atoms with Crippen LogP contribution in [0.3, 0.4) is 0 Å². The summed E-state index contributed by atoms with van der Waals surface area (Å²) in [6.45, 7) is 1.65. The van der Waals surface area contributed by atoms with Gasteiger partial charge in [0, 0.05) is 37.2 Å². The fourth-order valence-corrected chi connectivity index (χ4v) is 3.61. The van der Waals surface area contributed by atoms with Crippen LogP contribution in [0.15, 0.2) is 34.0 Å². The molecule has 0 aromatic heterocycles. The van der Waals surface area contributed by atoms with Gasteiger partial charge in [0.2, 0.25) is 0 Å². The third-order valence-corrected chi connectivity index (χ3v) is 4.88. The van der Waals surface area contributed by atoms with Crippen molar-refractivity contribution in [1.82, 2.24) is 9.80 Å². The van der Waals surface area contributed by atoms with Crippen molar-refractivity contribution in [2.45, 2.75) is 31.3 Å². The second kappa shape index (κ2) is 4.38. The summed E-state index contributed by atoms with van der Waals surface area (Å²) in [5, 5.41) is 8.29. The summed E-state index contributed by atoms with van der Waals surface area (Å²) < 4.78 is 0. The first-order chi connectivity index (χ1) is 9.74. The Balaban J connectivity index is 1.55. The number of fused-ring (bicyclic) bond motifs is 3. The van der Waals surface area contributed by atoms with Gasteiger partial charge in [0.15, 0.2) is 5.71 Å². The molecule has 3 heterocycles. The first kappa shape index (κ1) is 12.0. The third kappa shape index (κ3) is 1.69. The molecule has 2 fully saturated rings. The molecular formula is C15H18N4O. The van der Waals surface area contributed by atoms with E-state index in [-0.39, 0.29) is 5.91 Å². The zero-order chi connectivity index (χ0) is 13.7. The van der Waals surface area contributed by atoms with Crippen molar-refractivity contribution in [3.63, 3.8) is 0 Å². The lowest BCUT2D eigenvalue weighted by molar-refractivity contribution is -0.127. The van der Waals surface area contributed by atoms with Gasteiger partial charge in [-0.1, -0.05) is 18.2 Å². The Morgan fingerprint density at radius 3 is 2.75 bits per heavy atom. The number of hydrogen-bond acceptors (Lipinski definition) is 4. The van der Waals surface area contributed by atoms with Crippen LogP contribution < -0.4 is 0 Å². The zero-order valence-corrected chi connectivity index (χ0v) is 11.6. The molecule has 2 atom stereocenters. The average molecular weight is 270 g/mol. The molecule has 5 heteroatoms. The third-order valence-electron chi connectivity index (χ3n) is 4.88. The summed E-state index contributed by atoms with van der Waals surface area (Å²) in [6, 6.07) is 1.03. The number of nitrogens with zero attached hydrogens (tertiary/aromatic N) is 4. The lowest BCUT2D eigenvalue weighted by Gasteiger charge is -2.38. The van der Waals surface area contributed by atoms with E-state index in [9.17, 15) is 4.79 Å². The van der Waals surface area contributed by atoms with Crippen LogP contribution in [0.5, 0.6) is 0 Å². The quantitative estimate of drug-likeness (QED) is 0.713. The van der Waals surface area contributed by atoms with Crippen molar-refractivity contribution in [2.75, 3.05) is 20.1 Å². The number of carbonyl (C=O) groups excluding carboxylic acids is 1. The highest BCUT2D eigenvalue weighted by molar-refractivity contribution is 6.53. The van der Waals surface area contributed by atoms with E-state index in [1.807, 2.05) is 23.1 Å². The van der Waals surface area contributed by atoms with Crippen LogP contribution in [0.1, 0.15) is 19.3 Å². The number of likely N-dealkylation sites (N-methyl/N-ethyl adjacent to an activating group) is 1. The van der Waals surface area contributed by atoms with Crippen molar-refractivity contribution in [1.29, 1.82) is 0 Å². The Morgan fingerprint density at radius 1 is 1.25 bits per heavy atom. The van der Waals surface area contributed by atoms with Gasteiger partial charge in [0.05, 0.1) is 5.71 Å². The monoisotopic (exact) mass is 270 g/mol. The fourth-order valence-electron chi connectivity index (χ4n) is 3.61. The molecule has 0 aromatic rings. The highest BCUT2D eigenvalue weighted by Crippen LogP contribution is 2.29. The van der Waals surface area contributed by atoms with Crippen molar-refractivity contribution in [3.8, 4) is 0 Å². The van der Waals surface area contributed by atoms with Gasteiger partial charge in [0.25, 0.3) is 5.91 Å². The smallest absolute Gasteiger partial charge is 0.275 e. The van der Waals surface area contributed by atoms with Gasteiger partial charge < -0.3 is 4.90 Å². The van der Waals surface area contributed by atoms with Crippen LogP contribution in [0, 0.1) is 0 Å². The van der Waals surface area contributed by atoms with Crippen molar-refractivity contribution in [2.24, 2.45) is 10.2 Å². The molecule has 0 radical (unpaired) electrons. The Labute approximate surface area is 118 Å². The summed E-state index contributed by atoms with van der Waals surface area (Å²) in [5.41, 5.74) is 2.38. The molecule has 2 bridgehead atoms. The Hall–Kier alpha value is -1.75. The number of allylic oxidation sites excluding steroid dienone is 3. The van der Waals surface area contributed by atoms with Gasteiger partial charge in [-0.25, -0.2) is 0 Å². The Morgan fingerprint density at radius 2 is 2.00 bits per heavy atom. The van der Waals surface area contributed by atoms with Crippen LogP contribution in [-0.2, 0) is 4.79 Å². The molecule has 5 nitrogen and oxygen atoms in total. The van der Waals surface area contributed by atoms with E-state index in [1.165, 1.54) is 12.8 Å². The summed E-state index contributed by atoms with van der Waals surface area (Å²) in [7, 11) is 2.17. The maximum atomic E-state index is 12.7. The molecule has 0 saturated carbocycles. The molecule has 2 unspecified atom stereocenters. The van der Waals surface area contributed by atoms with Crippen LogP contribution in [-0.4, -0.2) is 59.4 Å². The molecular weight excluding hydrogens is 252 g/mol. The standard InChI is InChI=1S/C15H18N4O/c1-18-10-6-7-11(18)9-19(8-10)15(20)14-12-4-2-3-5-13(12)16-17-14/h2-4,10-11H,5-9H2,1H3. The maximum Gasteiger partial charge on any atom is 0.275 e. The number of rotatable bonds is 1. The van der Waals surface area contributed by atoms with E-state index in [0.29, 0.717) is 17.8 Å².